The smallest absolute Gasteiger partial charge is 0.338 e. The molecule has 2 rings (SSSR count). The minimum Gasteiger partial charge on any atom is -0.462 e. The van der Waals surface area contributed by atoms with Crippen LogP contribution in [0.1, 0.15) is 34.6 Å². The van der Waals surface area contributed by atoms with Crippen LogP contribution in [0.5, 0.6) is 0 Å². The molecule has 0 heterocycles. The Morgan fingerprint density at radius 1 is 1.04 bits per heavy atom. The van der Waals surface area contributed by atoms with Crippen LogP contribution < -0.4 is 4.72 Å². The summed E-state index contributed by atoms with van der Waals surface area (Å²) in [4.78, 5) is 22.9. The second kappa shape index (κ2) is 7.27. The summed E-state index contributed by atoms with van der Waals surface area (Å²) in [5, 5.41) is 0. The van der Waals surface area contributed by atoms with E-state index in [-0.39, 0.29) is 17.3 Å². The Balaban J connectivity index is 2.22. The van der Waals surface area contributed by atoms with E-state index in [1.165, 1.54) is 49.4 Å². The van der Waals surface area contributed by atoms with Gasteiger partial charge in [0, 0.05) is 11.3 Å². The molecule has 0 aliphatic carbocycles. The Kier molecular flexibility index (Phi) is 5.35. The zero-order chi connectivity index (χ0) is 17.7. The fraction of sp³-hybridized carbons (Fsp3) is 0.176. The van der Waals surface area contributed by atoms with Crippen LogP contribution in [0.15, 0.2) is 53.4 Å². The molecule has 0 unspecified atom stereocenters. The predicted octanol–water partition coefficient (Wildman–Crippen LogP) is 2.87. The zero-order valence-corrected chi connectivity index (χ0v) is 14.1. The Morgan fingerprint density at radius 2 is 1.71 bits per heavy atom. The van der Waals surface area contributed by atoms with Crippen LogP contribution in [-0.4, -0.2) is 26.8 Å². The maximum Gasteiger partial charge on any atom is 0.338 e. The molecule has 6 nitrogen and oxygen atoms in total. The number of rotatable bonds is 6. The van der Waals surface area contributed by atoms with Gasteiger partial charge < -0.3 is 4.74 Å². The Hall–Kier alpha value is -2.67. The van der Waals surface area contributed by atoms with Gasteiger partial charge in [-0.2, -0.15) is 0 Å². The number of hydrogen-bond donors (Lipinski definition) is 1. The number of carbonyl (C=O) groups excluding carboxylic acids is 2. The fourth-order valence-corrected chi connectivity index (χ4v) is 3.09. The average molecular weight is 347 g/mol. The number of anilines is 1. The number of hydrogen-bond acceptors (Lipinski definition) is 5. The molecule has 0 saturated heterocycles. The molecule has 0 radical (unpaired) electrons. The van der Waals surface area contributed by atoms with E-state index in [2.05, 4.69) is 4.72 Å². The van der Waals surface area contributed by atoms with Crippen molar-refractivity contribution in [1.29, 1.82) is 0 Å². The first-order chi connectivity index (χ1) is 11.3. The molecule has 1 N–H and O–H groups in total. The van der Waals surface area contributed by atoms with E-state index in [1.807, 2.05) is 0 Å². The molecule has 7 heteroatoms. The minimum absolute atomic E-state index is 0.00957. The lowest BCUT2D eigenvalue weighted by atomic mass is 10.2. The fourth-order valence-electron chi connectivity index (χ4n) is 1.99. The van der Waals surface area contributed by atoms with Crippen molar-refractivity contribution in [2.24, 2.45) is 0 Å². The van der Waals surface area contributed by atoms with Gasteiger partial charge in [-0.1, -0.05) is 12.1 Å². The maximum atomic E-state index is 12.4. The monoisotopic (exact) mass is 347 g/mol. The summed E-state index contributed by atoms with van der Waals surface area (Å²) >= 11 is 0. The lowest BCUT2D eigenvalue weighted by molar-refractivity contribution is 0.0526. The van der Waals surface area contributed by atoms with E-state index in [1.54, 1.807) is 13.0 Å². The normalized spacial score (nSPS) is 10.9. The standard InChI is InChI=1S/C17H17NO5S/c1-3-23-17(20)13-7-9-15(10-8-13)18-24(21,22)16-6-4-5-14(11-16)12(2)19/h4-11,18H,3H2,1-2H3. The van der Waals surface area contributed by atoms with Gasteiger partial charge in [-0.15, -0.1) is 0 Å². The molecule has 0 aromatic heterocycles. The van der Waals surface area contributed by atoms with Crippen molar-refractivity contribution in [3.63, 3.8) is 0 Å². The molecule has 0 atom stereocenters. The molecule has 126 valence electrons. The van der Waals surface area contributed by atoms with Gasteiger partial charge in [-0.25, -0.2) is 13.2 Å². The Labute approximate surface area is 140 Å². The first-order valence-electron chi connectivity index (χ1n) is 7.24. The summed E-state index contributed by atoms with van der Waals surface area (Å²) in [6.45, 7) is 3.34. The van der Waals surface area contributed by atoms with Crippen LogP contribution >= 0.6 is 0 Å². The minimum atomic E-state index is -3.83. The molecule has 0 spiro atoms. The molecule has 2 aromatic carbocycles. The van der Waals surface area contributed by atoms with Crippen LogP contribution in [0.2, 0.25) is 0 Å². The van der Waals surface area contributed by atoms with Crippen molar-refractivity contribution in [2.75, 3.05) is 11.3 Å². The molecule has 0 amide bonds. The van der Waals surface area contributed by atoms with Crippen molar-refractivity contribution < 1.29 is 22.7 Å². The van der Waals surface area contributed by atoms with E-state index in [4.69, 9.17) is 4.74 Å². The van der Waals surface area contributed by atoms with Crippen molar-refractivity contribution in [2.45, 2.75) is 18.7 Å². The number of esters is 1. The van der Waals surface area contributed by atoms with Gasteiger partial charge in [-0.05, 0) is 50.2 Å². The van der Waals surface area contributed by atoms with Crippen LogP contribution in [0, 0.1) is 0 Å². The van der Waals surface area contributed by atoms with Crippen molar-refractivity contribution in [3.05, 3.63) is 59.7 Å². The number of nitrogens with one attached hydrogen (secondary N) is 1. The van der Waals surface area contributed by atoms with Crippen molar-refractivity contribution in [3.8, 4) is 0 Å². The van der Waals surface area contributed by atoms with Gasteiger partial charge in [-0.3, -0.25) is 9.52 Å². The average Bonchev–Trinajstić information content (AvgIpc) is 2.55. The Morgan fingerprint density at radius 3 is 2.29 bits per heavy atom. The molecular weight excluding hydrogens is 330 g/mol. The van der Waals surface area contributed by atoms with E-state index < -0.39 is 16.0 Å². The van der Waals surface area contributed by atoms with Crippen LogP contribution in [0.25, 0.3) is 0 Å². The summed E-state index contributed by atoms with van der Waals surface area (Å²) < 4.78 is 32.0. The molecule has 24 heavy (non-hydrogen) atoms. The number of sulfonamides is 1. The molecule has 2 aromatic rings. The van der Waals surface area contributed by atoms with Gasteiger partial charge in [0.15, 0.2) is 5.78 Å². The number of ketones is 1. The summed E-state index contributed by atoms with van der Waals surface area (Å²) in [7, 11) is -3.83. The molecule has 0 fully saturated rings. The number of ether oxygens (including phenoxy) is 1. The summed E-state index contributed by atoms with van der Waals surface area (Å²) in [6.07, 6.45) is 0. The first-order valence-corrected chi connectivity index (χ1v) is 8.73. The van der Waals surface area contributed by atoms with Crippen LogP contribution in [-0.2, 0) is 14.8 Å². The van der Waals surface area contributed by atoms with E-state index >= 15 is 0 Å². The molecular formula is C17H17NO5S. The van der Waals surface area contributed by atoms with Crippen molar-refractivity contribution in [1.82, 2.24) is 0 Å². The highest BCUT2D eigenvalue weighted by Crippen LogP contribution is 2.18. The SMILES string of the molecule is CCOC(=O)c1ccc(NS(=O)(=O)c2cccc(C(C)=O)c2)cc1. The number of benzene rings is 2. The second-order valence-corrected chi connectivity index (χ2v) is 6.67. The van der Waals surface area contributed by atoms with Gasteiger partial charge in [0.05, 0.1) is 17.1 Å². The summed E-state index contributed by atoms with van der Waals surface area (Å²) in [6, 6.07) is 11.7. The quantitative estimate of drug-likeness (QED) is 0.641. The largest absolute Gasteiger partial charge is 0.462 e. The lowest BCUT2D eigenvalue weighted by Crippen LogP contribution is -2.13. The van der Waals surface area contributed by atoms with Gasteiger partial charge in [0.25, 0.3) is 10.0 Å². The molecule has 0 bridgehead atoms. The molecule has 0 saturated carbocycles. The number of Topliss-reactive ketones (excluding diaryl/α,β-unsaturated/α-hetero) is 1. The van der Waals surface area contributed by atoms with Crippen LogP contribution in [0.4, 0.5) is 5.69 Å². The highest BCUT2D eigenvalue weighted by Gasteiger charge is 2.16. The highest BCUT2D eigenvalue weighted by molar-refractivity contribution is 7.92. The highest BCUT2D eigenvalue weighted by atomic mass is 32.2. The third kappa shape index (κ3) is 4.20. The zero-order valence-electron chi connectivity index (χ0n) is 13.3. The van der Waals surface area contributed by atoms with Crippen LogP contribution in [0.3, 0.4) is 0 Å². The predicted molar refractivity (Wildman–Crippen MR) is 89.7 cm³/mol. The van der Waals surface area contributed by atoms with Gasteiger partial charge >= 0.3 is 5.97 Å². The second-order valence-electron chi connectivity index (χ2n) is 4.99. The number of carbonyl (C=O) groups is 2. The first kappa shape index (κ1) is 17.7. The summed E-state index contributed by atoms with van der Waals surface area (Å²) in [5.41, 5.74) is 0.949. The summed E-state index contributed by atoms with van der Waals surface area (Å²) in [5.74, 6) is -0.688. The van der Waals surface area contributed by atoms with Gasteiger partial charge in [0.1, 0.15) is 0 Å². The molecule has 0 aliphatic heterocycles. The van der Waals surface area contributed by atoms with E-state index in [0.717, 1.165) is 0 Å². The van der Waals surface area contributed by atoms with Gasteiger partial charge in [0.2, 0.25) is 0 Å². The topological polar surface area (TPSA) is 89.5 Å². The third-order valence-corrected chi connectivity index (χ3v) is 4.58. The lowest BCUT2D eigenvalue weighted by Gasteiger charge is -2.09. The third-order valence-electron chi connectivity index (χ3n) is 3.20. The van der Waals surface area contributed by atoms with E-state index in [9.17, 15) is 18.0 Å². The van der Waals surface area contributed by atoms with E-state index in [0.29, 0.717) is 16.8 Å². The Bertz CT molecular complexity index is 857. The maximum absolute atomic E-state index is 12.4. The van der Waals surface area contributed by atoms with Crippen molar-refractivity contribution >= 4 is 27.5 Å². The molecule has 0 aliphatic rings.